The molecule has 1 aromatic carbocycles. The van der Waals surface area contributed by atoms with Crippen molar-refractivity contribution in [1.29, 1.82) is 0 Å². The third-order valence-electron chi connectivity index (χ3n) is 5.24. The molecule has 0 saturated carbocycles. The minimum absolute atomic E-state index is 0.421. The number of piperidine rings is 1. The summed E-state index contributed by atoms with van der Waals surface area (Å²) in [6, 6.07) is 5.77. The molecule has 0 radical (unpaired) electrons. The van der Waals surface area contributed by atoms with Crippen LogP contribution in [0, 0.1) is 6.92 Å². The van der Waals surface area contributed by atoms with E-state index in [1.807, 2.05) is 25.1 Å². The molecular formula is C22H30ClN5O2. The Morgan fingerprint density at radius 3 is 2.70 bits per heavy atom. The van der Waals surface area contributed by atoms with Gasteiger partial charge in [-0.3, -0.25) is 4.79 Å². The number of aromatic nitrogens is 2. The second kappa shape index (κ2) is 9.62. The van der Waals surface area contributed by atoms with Gasteiger partial charge in [0.2, 0.25) is 12.4 Å². The summed E-state index contributed by atoms with van der Waals surface area (Å²) in [5.74, 6) is 1.21. The third-order valence-corrected chi connectivity index (χ3v) is 5.52. The number of nitrogens with one attached hydrogen (secondary N) is 1. The molecule has 1 aliphatic rings. The molecule has 1 saturated heterocycles. The lowest BCUT2D eigenvalue weighted by Crippen LogP contribution is -2.31. The lowest BCUT2D eigenvalue weighted by atomic mass is 10.0. The number of halogens is 1. The van der Waals surface area contributed by atoms with Crippen molar-refractivity contribution in [3.8, 4) is 0 Å². The van der Waals surface area contributed by atoms with Gasteiger partial charge >= 0.3 is 0 Å². The van der Waals surface area contributed by atoms with Gasteiger partial charge in [0.15, 0.2) is 5.82 Å². The van der Waals surface area contributed by atoms with Crippen LogP contribution in [0.5, 0.6) is 0 Å². The Balaban J connectivity index is 1.81. The molecule has 2 heterocycles. The maximum absolute atomic E-state index is 11.7. The zero-order valence-electron chi connectivity index (χ0n) is 17.9. The summed E-state index contributed by atoms with van der Waals surface area (Å²) < 4.78 is 0. The molecule has 1 fully saturated rings. The summed E-state index contributed by atoms with van der Waals surface area (Å²) in [5.41, 5.74) is 1.67. The van der Waals surface area contributed by atoms with Crippen molar-refractivity contribution in [1.82, 2.24) is 9.97 Å². The van der Waals surface area contributed by atoms with E-state index in [1.54, 1.807) is 24.9 Å². The summed E-state index contributed by atoms with van der Waals surface area (Å²) >= 11 is 6.35. The van der Waals surface area contributed by atoms with Gasteiger partial charge in [-0.05, 0) is 64.2 Å². The highest BCUT2D eigenvalue weighted by molar-refractivity contribution is 6.32. The Labute approximate surface area is 183 Å². The molecule has 162 valence electrons. The minimum atomic E-state index is -0.843. The van der Waals surface area contributed by atoms with Crippen LogP contribution < -0.4 is 15.1 Å². The standard InChI is InChI=1S/C22H30ClN5O2/c1-16-7-8-17(13-19(16)28(15-29)12-9-22(2,3)30)25-20-18(23)14-24-21(26-20)27-10-5-4-6-11-27/h7-8,13-15,30H,4-6,9-12H2,1-3H3,(H,24,25,26). The van der Waals surface area contributed by atoms with Gasteiger partial charge in [-0.25, -0.2) is 4.98 Å². The number of benzene rings is 1. The smallest absolute Gasteiger partial charge is 0.227 e. The fourth-order valence-electron chi connectivity index (χ4n) is 3.45. The molecule has 7 nitrogen and oxygen atoms in total. The van der Waals surface area contributed by atoms with Crippen LogP contribution in [-0.2, 0) is 4.79 Å². The Morgan fingerprint density at radius 2 is 2.03 bits per heavy atom. The van der Waals surface area contributed by atoms with E-state index in [9.17, 15) is 9.90 Å². The predicted molar refractivity (Wildman–Crippen MR) is 122 cm³/mol. The molecule has 1 aliphatic heterocycles. The predicted octanol–water partition coefficient (Wildman–Crippen LogP) is 4.30. The second-order valence-corrected chi connectivity index (χ2v) is 8.81. The van der Waals surface area contributed by atoms with Gasteiger partial charge in [0.1, 0.15) is 5.02 Å². The number of amides is 1. The zero-order valence-corrected chi connectivity index (χ0v) is 18.6. The number of aryl methyl sites for hydroxylation is 1. The van der Waals surface area contributed by atoms with Crippen LogP contribution in [0.15, 0.2) is 24.4 Å². The Hall–Kier alpha value is -2.38. The van der Waals surface area contributed by atoms with Crippen LogP contribution >= 0.6 is 11.6 Å². The van der Waals surface area contributed by atoms with E-state index < -0.39 is 5.60 Å². The van der Waals surface area contributed by atoms with E-state index in [0.29, 0.717) is 29.8 Å². The van der Waals surface area contributed by atoms with Crippen molar-refractivity contribution in [2.24, 2.45) is 0 Å². The number of carbonyl (C=O) groups excluding carboxylic acids is 1. The molecule has 0 spiro atoms. The van der Waals surface area contributed by atoms with Crippen LogP contribution in [0.4, 0.5) is 23.1 Å². The van der Waals surface area contributed by atoms with Gasteiger partial charge < -0.3 is 20.2 Å². The van der Waals surface area contributed by atoms with Gasteiger partial charge in [0.05, 0.1) is 11.8 Å². The Bertz CT molecular complexity index is 878. The highest BCUT2D eigenvalue weighted by Crippen LogP contribution is 2.30. The van der Waals surface area contributed by atoms with Gasteiger partial charge in [-0.2, -0.15) is 4.98 Å². The van der Waals surface area contributed by atoms with Crippen molar-refractivity contribution in [3.05, 3.63) is 35.0 Å². The van der Waals surface area contributed by atoms with Crippen molar-refractivity contribution in [3.63, 3.8) is 0 Å². The molecule has 8 heteroatoms. The monoisotopic (exact) mass is 431 g/mol. The molecular weight excluding hydrogens is 402 g/mol. The third kappa shape index (κ3) is 5.83. The van der Waals surface area contributed by atoms with E-state index >= 15 is 0 Å². The summed E-state index contributed by atoms with van der Waals surface area (Å²) in [5, 5.41) is 13.7. The first-order chi connectivity index (χ1) is 14.3. The molecule has 30 heavy (non-hydrogen) atoms. The van der Waals surface area contributed by atoms with Crippen molar-refractivity contribution in [2.45, 2.75) is 52.1 Å². The van der Waals surface area contributed by atoms with Crippen LogP contribution in [0.3, 0.4) is 0 Å². The number of hydrogen-bond donors (Lipinski definition) is 2. The first-order valence-corrected chi connectivity index (χ1v) is 10.7. The lowest BCUT2D eigenvalue weighted by molar-refractivity contribution is -0.107. The van der Waals surface area contributed by atoms with E-state index in [4.69, 9.17) is 11.6 Å². The van der Waals surface area contributed by atoms with Crippen molar-refractivity contribution >= 4 is 41.2 Å². The number of aliphatic hydroxyl groups is 1. The highest BCUT2D eigenvalue weighted by atomic mass is 35.5. The van der Waals surface area contributed by atoms with Crippen molar-refractivity contribution < 1.29 is 9.90 Å². The minimum Gasteiger partial charge on any atom is -0.390 e. The quantitative estimate of drug-likeness (QED) is 0.606. The van der Waals surface area contributed by atoms with Crippen LogP contribution in [0.1, 0.15) is 45.1 Å². The number of hydrogen-bond acceptors (Lipinski definition) is 6. The average Bonchev–Trinajstić information content (AvgIpc) is 2.72. The fraction of sp³-hybridized carbons (Fsp3) is 0.500. The van der Waals surface area contributed by atoms with E-state index in [0.717, 1.165) is 49.3 Å². The molecule has 0 unspecified atom stereocenters. The van der Waals surface area contributed by atoms with Gasteiger partial charge in [0.25, 0.3) is 0 Å². The number of rotatable bonds is 8. The Kier molecular flexibility index (Phi) is 7.15. The number of carbonyl (C=O) groups is 1. The molecule has 1 amide bonds. The first kappa shape index (κ1) is 22.3. The van der Waals surface area contributed by atoms with Gasteiger partial charge in [0, 0.05) is 31.0 Å². The number of nitrogens with zero attached hydrogens (tertiary/aromatic N) is 4. The topological polar surface area (TPSA) is 81.6 Å². The maximum atomic E-state index is 11.7. The van der Waals surface area contributed by atoms with Crippen LogP contribution in [0.2, 0.25) is 5.02 Å². The van der Waals surface area contributed by atoms with Gasteiger partial charge in [-0.15, -0.1) is 0 Å². The maximum Gasteiger partial charge on any atom is 0.227 e. The molecule has 0 bridgehead atoms. The van der Waals surface area contributed by atoms with Crippen LogP contribution in [0.25, 0.3) is 0 Å². The zero-order chi connectivity index (χ0) is 21.7. The van der Waals surface area contributed by atoms with E-state index in [2.05, 4.69) is 20.2 Å². The molecule has 2 N–H and O–H groups in total. The molecule has 2 aromatic rings. The average molecular weight is 432 g/mol. The molecule has 0 atom stereocenters. The summed E-state index contributed by atoms with van der Waals surface area (Å²) in [4.78, 5) is 24.5. The largest absolute Gasteiger partial charge is 0.390 e. The highest BCUT2D eigenvalue weighted by Gasteiger charge is 2.18. The molecule has 3 rings (SSSR count). The second-order valence-electron chi connectivity index (χ2n) is 8.40. The van der Waals surface area contributed by atoms with Gasteiger partial charge in [-0.1, -0.05) is 17.7 Å². The summed E-state index contributed by atoms with van der Waals surface area (Å²) in [6.07, 6.45) is 6.41. The van der Waals surface area contributed by atoms with Crippen molar-refractivity contribution in [2.75, 3.05) is 34.8 Å². The Morgan fingerprint density at radius 1 is 1.30 bits per heavy atom. The summed E-state index contributed by atoms with van der Waals surface area (Å²) in [7, 11) is 0. The molecule has 0 aliphatic carbocycles. The SMILES string of the molecule is Cc1ccc(Nc2nc(N3CCCCC3)ncc2Cl)cc1N(C=O)CCC(C)(C)O. The van der Waals surface area contributed by atoms with E-state index in [1.165, 1.54) is 6.42 Å². The van der Waals surface area contributed by atoms with Crippen LogP contribution in [-0.4, -0.2) is 46.7 Å². The fourth-order valence-corrected chi connectivity index (χ4v) is 3.59. The first-order valence-electron chi connectivity index (χ1n) is 10.4. The molecule has 1 aromatic heterocycles. The number of anilines is 4. The normalized spacial score (nSPS) is 14.5. The lowest BCUT2D eigenvalue weighted by Gasteiger charge is -2.27. The summed E-state index contributed by atoms with van der Waals surface area (Å²) in [6.45, 7) is 7.74. The van der Waals surface area contributed by atoms with E-state index in [-0.39, 0.29) is 0 Å².